The summed E-state index contributed by atoms with van der Waals surface area (Å²) in [4.78, 5) is 4.38. The van der Waals surface area contributed by atoms with E-state index >= 15 is 0 Å². The van der Waals surface area contributed by atoms with Gasteiger partial charge in [-0.05, 0) is 18.2 Å². The molecule has 0 saturated heterocycles. The Morgan fingerprint density at radius 1 is 1.33 bits per heavy atom. The number of hydrogen-bond donors (Lipinski definition) is 0. The van der Waals surface area contributed by atoms with Crippen LogP contribution in [0.15, 0.2) is 47.3 Å². The summed E-state index contributed by atoms with van der Waals surface area (Å²) in [6.45, 7) is 0.532. The van der Waals surface area contributed by atoms with Crippen LogP contribution >= 0.6 is 11.6 Å². The van der Waals surface area contributed by atoms with E-state index in [4.69, 9.17) is 16.0 Å². The highest BCUT2D eigenvalue weighted by atomic mass is 35.5. The van der Waals surface area contributed by atoms with Crippen molar-refractivity contribution >= 4 is 11.6 Å². The Morgan fingerprint density at radius 3 is 3.06 bits per heavy atom. The highest BCUT2D eigenvalue weighted by Crippen LogP contribution is 2.22. The Morgan fingerprint density at radius 2 is 2.28 bits per heavy atom. The minimum atomic E-state index is 0.532. The summed E-state index contributed by atoms with van der Waals surface area (Å²) in [5.74, 6) is 0.549. The first-order valence-corrected chi connectivity index (χ1v) is 5.73. The molecular formula is C12H9ClN4O. The predicted molar refractivity (Wildman–Crippen MR) is 66.1 cm³/mol. The zero-order chi connectivity index (χ0) is 12.4. The summed E-state index contributed by atoms with van der Waals surface area (Å²) in [7, 11) is 0. The van der Waals surface area contributed by atoms with Crippen LogP contribution in [0.4, 0.5) is 0 Å². The molecule has 0 atom stereocenters. The molecule has 0 bridgehead atoms. The first-order chi connectivity index (χ1) is 8.81. The lowest BCUT2D eigenvalue weighted by atomic mass is 10.2. The SMILES string of the molecule is Clc1cccc(-c2nc(Cn3ccnn3)co2)c1. The molecule has 0 saturated carbocycles. The van der Waals surface area contributed by atoms with Crippen molar-refractivity contribution in [2.75, 3.05) is 0 Å². The van der Waals surface area contributed by atoms with Crippen LogP contribution in [0.5, 0.6) is 0 Å². The number of benzene rings is 1. The van der Waals surface area contributed by atoms with Gasteiger partial charge >= 0.3 is 0 Å². The van der Waals surface area contributed by atoms with Gasteiger partial charge in [-0.3, -0.25) is 0 Å². The van der Waals surface area contributed by atoms with E-state index in [0.717, 1.165) is 11.3 Å². The third kappa shape index (κ3) is 2.26. The molecule has 0 N–H and O–H groups in total. The van der Waals surface area contributed by atoms with Crippen molar-refractivity contribution in [1.29, 1.82) is 0 Å². The summed E-state index contributed by atoms with van der Waals surface area (Å²) < 4.78 is 7.10. The standard InChI is InChI=1S/C12H9ClN4O/c13-10-3-1-2-9(6-10)12-15-11(8-18-12)7-17-5-4-14-16-17/h1-6,8H,7H2. The third-order valence-electron chi connectivity index (χ3n) is 2.42. The van der Waals surface area contributed by atoms with E-state index in [9.17, 15) is 0 Å². The highest BCUT2D eigenvalue weighted by Gasteiger charge is 2.07. The maximum atomic E-state index is 5.92. The minimum absolute atomic E-state index is 0.532. The Hall–Kier alpha value is -2.14. The van der Waals surface area contributed by atoms with Gasteiger partial charge in [-0.2, -0.15) is 0 Å². The van der Waals surface area contributed by atoms with Crippen molar-refractivity contribution in [2.45, 2.75) is 6.54 Å². The number of hydrogen-bond acceptors (Lipinski definition) is 4. The minimum Gasteiger partial charge on any atom is -0.444 e. The molecule has 3 rings (SSSR count). The molecular weight excluding hydrogens is 252 g/mol. The number of aromatic nitrogens is 4. The molecule has 0 unspecified atom stereocenters. The van der Waals surface area contributed by atoms with Gasteiger partial charge in [-0.1, -0.05) is 22.9 Å². The Bertz CT molecular complexity index is 648. The van der Waals surface area contributed by atoms with Crippen molar-refractivity contribution in [3.63, 3.8) is 0 Å². The number of rotatable bonds is 3. The molecule has 2 heterocycles. The summed E-state index contributed by atoms with van der Waals surface area (Å²) in [5.41, 5.74) is 1.64. The third-order valence-corrected chi connectivity index (χ3v) is 2.65. The van der Waals surface area contributed by atoms with E-state index in [1.807, 2.05) is 24.3 Å². The molecule has 3 aromatic rings. The molecule has 0 aliphatic carbocycles. The summed E-state index contributed by atoms with van der Waals surface area (Å²) >= 11 is 5.92. The van der Waals surface area contributed by atoms with Crippen LogP contribution in [0.25, 0.3) is 11.5 Å². The topological polar surface area (TPSA) is 56.7 Å². The lowest BCUT2D eigenvalue weighted by molar-refractivity contribution is 0.568. The van der Waals surface area contributed by atoms with Crippen LogP contribution in [-0.2, 0) is 6.54 Å². The first kappa shape index (κ1) is 11.0. The lowest BCUT2D eigenvalue weighted by Crippen LogP contribution is -2.00. The maximum absolute atomic E-state index is 5.92. The van der Waals surface area contributed by atoms with E-state index in [0.29, 0.717) is 17.5 Å². The molecule has 2 aromatic heterocycles. The maximum Gasteiger partial charge on any atom is 0.226 e. The molecule has 0 amide bonds. The molecule has 18 heavy (non-hydrogen) atoms. The fourth-order valence-electron chi connectivity index (χ4n) is 1.62. The zero-order valence-electron chi connectivity index (χ0n) is 9.32. The quantitative estimate of drug-likeness (QED) is 0.726. The zero-order valence-corrected chi connectivity index (χ0v) is 10.1. The monoisotopic (exact) mass is 260 g/mol. The number of nitrogens with zero attached hydrogens (tertiary/aromatic N) is 4. The van der Waals surface area contributed by atoms with Crippen molar-refractivity contribution in [2.24, 2.45) is 0 Å². The van der Waals surface area contributed by atoms with Gasteiger partial charge in [0.2, 0.25) is 5.89 Å². The number of halogens is 1. The van der Waals surface area contributed by atoms with Crippen LogP contribution in [0.1, 0.15) is 5.69 Å². The molecule has 0 fully saturated rings. The van der Waals surface area contributed by atoms with Crippen molar-refractivity contribution < 1.29 is 4.42 Å². The molecule has 5 nitrogen and oxygen atoms in total. The smallest absolute Gasteiger partial charge is 0.226 e. The highest BCUT2D eigenvalue weighted by molar-refractivity contribution is 6.30. The second-order valence-electron chi connectivity index (χ2n) is 3.75. The van der Waals surface area contributed by atoms with Gasteiger partial charge in [0.15, 0.2) is 0 Å². The largest absolute Gasteiger partial charge is 0.444 e. The predicted octanol–water partition coefficient (Wildman–Crippen LogP) is 2.63. The van der Waals surface area contributed by atoms with Crippen LogP contribution in [0.3, 0.4) is 0 Å². The normalized spacial score (nSPS) is 10.7. The Labute approximate surface area is 108 Å². The average molecular weight is 261 g/mol. The van der Waals surface area contributed by atoms with Gasteiger partial charge in [-0.15, -0.1) is 5.10 Å². The van der Waals surface area contributed by atoms with Gasteiger partial charge in [0.1, 0.15) is 12.0 Å². The average Bonchev–Trinajstić information content (AvgIpc) is 3.01. The second kappa shape index (κ2) is 4.62. The van der Waals surface area contributed by atoms with Crippen molar-refractivity contribution in [3.05, 3.63) is 53.6 Å². The summed E-state index contributed by atoms with van der Waals surface area (Å²) in [6.07, 6.45) is 5.00. The molecule has 0 spiro atoms. The van der Waals surface area contributed by atoms with E-state index in [2.05, 4.69) is 15.3 Å². The summed E-state index contributed by atoms with van der Waals surface area (Å²) in [5, 5.41) is 8.26. The first-order valence-electron chi connectivity index (χ1n) is 5.36. The van der Waals surface area contributed by atoms with Crippen LogP contribution in [-0.4, -0.2) is 20.0 Å². The van der Waals surface area contributed by atoms with Crippen LogP contribution < -0.4 is 0 Å². The molecule has 0 radical (unpaired) electrons. The van der Waals surface area contributed by atoms with Gasteiger partial charge in [0.05, 0.1) is 12.7 Å². The van der Waals surface area contributed by atoms with Crippen molar-refractivity contribution in [3.8, 4) is 11.5 Å². The van der Waals surface area contributed by atoms with Gasteiger partial charge < -0.3 is 4.42 Å². The Balaban J connectivity index is 1.85. The molecule has 0 aliphatic rings. The lowest BCUT2D eigenvalue weighted by Gasteiger charge is -1.95. The van der Waals surface area contributed by atoms with Gasteiger partial charge in [-0.25, -0.2) is 9.67 Å². The Kier molecular flexibility index (Phi) is 2.82. The van der Waals surface area contributed by atoms with E-state index in [-0.39, 0.29) is 0 Å². The van der Waals surface area contributed by atoms with Gasteiger partial charge in [0, 0.05) is 16.8 Å². The fraction of sp³-hybridized carbons (Fsp3) is 0.0833. The van der Waals surface area contributed by atoms with Crippen LogP contribution in [0.2, 0.25) is 5.02 Å². The van der Waals surface area contributed by atoms with E-state index < -0.39 is 0 Å². The second-order valence-corrected chi connectivity index (χ2v) is 4.19. The van der Waals surface area contributed by atoms with Crippen molar-refractivity contribution in [1.82, 2.24) is 20.0 Å². The molecule has 1 aromatic carbocycles. The van der Waals surface area contributed by atoms with E-state index in [1.54, 1.807) is 23.3 Å². The van der Waals surface area contributed by atoms with Crippen LogP contribution in [0, 0.1) is 0 Å². The molecule has 90 valence electrons. The van der Waals surface area contributed by atoms with Gasteiger partial charge in [0.25, 0.3) is 0 Å². The fourth-order valence-corrected chi connectivity index (χ4v) is 1.81. The summed E-state index contributed by atoms with van der Waals surface area (Å²) in [6, 6.07) is 7.38. The molecule has 6 heteroatoms. The molecule has 0 aliphatic heterocycles. The van der Waals surface area contributed by atoms with E-state index in [1.165, 1.54) is 0 Å². The number of oxazole rings is 1.